The van der Waals surface area contributed by atoms with Gasteiger partial charge in [-0.1, -0.05) is 19.9 Å². The van der Waals surface area contributed by atoms with Crippen molar-refractivity contribution in [3.8, 4) is 0 Å². The van der Waals surface area contributed by atoms with E-state index in [0.717, 1.165) is 5.56 Å². The summed E-state index contributed by atoms with van der Waals surface area (Å²) in [5, 5.41) is 40.8. The third-order valence-electron chi connectivity index (χ3n) is 9.45. The monoisotopic (exact) mass is 536 g/mol. The predicted octanol–water partition coefficient (Wildman–Crippen LogP) is 0.995. The molecule has 5 rings (SSSR count). The maximum absolute atomic E-state index is 13.5. The fourth-order valence-corrected chi connectivity index (χ4v) is 7.39. The van der Waals surface area contributed by atoms with Crippen molar-refractivity contribution in [1.82, 2.24) is 0 Å². The molecule has 4 unspecified atom stereocenters. The maximum atomic E-state index is 13.5. The third kappa shape index (κ3) is 4.11. The Hall–Kier alpha value is -2.28. The van der Waals surface area contributed by atoms with Gasteiger partial charge in [-0.15, -0.1) is 0 Å². The standard InChI is InChI=1S/C27H36O11/c1-26-10-16(13-7-8-35-12-13)36-24(33)15(26)9-19(27(2)14(23(32)34-3)5-4-6-18(26)27)38-25-22(31)21(30)20(29)17(11-28)37-25/h5,7-8,12,15-22,25,28-31H,4,6,9-11H2,1-3H3/t15?,16?,17-,18-,19?,20-,21+,22-,25?,26+,27-/m0/s1. The van der Waals surface area contributed by atoms with Gasteiger partial charge in [-0.05, 0) is 43.1 Å². The summed E-state index contributed by atoms with van der Waals surface area (Å²) in [6.45, 7) is 3.35. The third-order valence-corrected chi connectivity index (χ3v) is 9.45. The second-order valence-electron chi connectivity index (χ2n) is 11.3. The summed E-state index contributed by atoms with van der Waals surface area (Å²) in [6, 6.07) is 1.77. The molecule has 0 amide bonds. The van der Waals surface area contributed by atoms with Crippen molar-refractivity contribution < 1.29 is 53.4 Å². The SMILES string of the molecule is COC(=O)C1=CCC[C@H]2[C@]3(C)CC(c4ccoc4)OC(=O)C3CC(OC3O[C@@H](CO)[C@H](O)[C@@H](O)[C@@H]3O)[C@@]12C. The molecule has 3 fully saturated rings. The van der Waals surface area contributed by atoms with Gasteiger partial charge in [0, 0.05) is 16.6 Å². The van der Waals surface area contributed by atoms with Gasteiger partial charge in [0.2, 0.25) is 0 Å². The van der Waals surface area contributed by atoms with Crippen LogP contribution in [0.1, 0.15) is 51.2 Å². The Kier molecular flexibility index (Phi) is 7.21. The quantitative estimate of drug-likeness (QED) is 0.397. The molecule has 3 heterocycles. The number of aliphatic hydroxyl groups excluding tert-OH is 4. The van der Waals surface area contributed by atoms with E-state index in [1.807, 2.05) is 13.0 Å². The predicted molar refractivity (Wildman–Crippen MR) is 128 cm³/mol. The van der Waals surface area contributed by atoms with Gasteiger partial charge in [-0.2, -0.15) is 0 Å². The molecule has 210 valence electrons. The van der Waals surface area contributed by atoms with Crippen molar-refractivity contribution in [3.63, 3.8) is 0 Å². The lowest BCUT2D eigenvalue weighted by Gasteiger charge is -2.62. The lowest BCUT2D eigenvalue weighted by atomic mass is 9.44. The van der Waals surface area contributed by atoms with E-state index in [2.05, 4.69) is 6.92 Å². The zero-order valence-electron chi connectivity index (χ0n) is 21.7. The number of aliphatic hydroxyl groups is 4. The van der Waals surface area contributed by atoms with Crippen LogP contribution in [-0.2, 0) is 28.5 Å². The number of allylic oxidation sites excluding steroid dienone is 1. The average molecular weight is 537 g/mol. The molecule has 4 aliphatic rings. The molecule has 1 saturated carbocycles. The zero-order valence-corrected chi connectivity index (χ0v) is 21.7. The van der Waals surface area contributed by atoms with Gasteiger partial charge in [0.15, 0.2) is 6.29 Å². The highest BCUT2D eigenvalue weighted by molar-refractivity contribution is 5.90. The Bertz CT molecular complexity index is 1070. The van der Waals surface area contributed by atoms with Crippen LogP contribution in [0.2, 0.25) is 0 Å². The lowest BCUT2D eigenvalue weighted by Crippen LogP contribution is -2.65. The van der Waals surface area contributed by atoms with Gasteiger partial charge in [0.25, 0.3) is 0 Å². The van der Waals surface area contributed by atoms with Gasteiger partial charge in [-0.25, -0.2) is 4.79 Å². The minimum Gasteiger partial charge on any atom is -0.472 e. The van der Waals surface area contributed by atoms with E-state index in [0.29, 0.717) is 24.8 Å². The number of hydrogen-bond acceptors (Lipinski definition) is 11. The van der Waals surface area contributed by atoms with Crippen LogP contribution in [-0.4, -0.2) is 82.9 Å². The molecule has 11 atom stereocenters. The molecule has 11 nitrogen and oxygen atoms in total. The Morgan fingerprint density at radius 3 is 2.61 bits per heavy atom. The molecule has 0 radical (unpaired) electrons. The minimum absolute atomic E-state index is 0.157. The maximum Gasteiger partial charge on any atom is 0.334 e. The molecule has 38 heavy (non-hydrogen) atoms. The summed E-state index contributed by atoms with van der Waals surface area (Å²) in [5.41, 5.74) is -0.341. The zero-order chi connectivity index (χ0) is 27.4. The number of cyclic esters (lactones) is 1. The summed E-state index contributed by atoms with van der Waals surface area (Å²) in [4.78, 5) is 26.5. The van der Waals surface area contributed by atoms with E-state index in [1.54, 1.807) is 12.3 Å². The van der Waals surface area contributed by atoms with Gasteiger partial charge in [-0.3, -0.25) is 4.79 Å². The van der Waals surface area contributed by atoms with Crippen LogP contribution in [0.3, 0.4) is 0 Å². The van der Waals surface area contributed by atoms with Crippen molar-refractivity contribution in [2.45, 2.75) is 82.4 Å². The number of carbonyl (C=O) groups excluding carboxylic acids is 2. The van der Waals surface area contributed by atoms with Crippen LogP contribution in [0, 0.1) is 22.7 Å². The molecule has 0 spiro atoms. The lowest BCUT2D eigenvalue weighted by molar-refractivity contribution is -0.329. The van der Waals surface area contributed by atoms with E-state index in [9.17, 15) is 30.0 Å². The van der Waals surface area contributed by atoms with E-state index < -0.39 is 72.2 Å². The minimum atomic E-state index is -1.62. The van der Waals surface area contributed by atoms with E-state index in [1.165, 1.54) is 13.4 Å². The van der Waals surface area contributed by atoms with Gasteiger partial charge >= 0.3 is 11.9 Å². The second-order valence-corrected chi connectivity index (χ2v) is 11.3. The van der Waals surface area contributed by atoms with Crippen LogP contribution in [0.4, 0.5) is 0 Å². The van der Waals surface area contributed by atoms with Gasteiger partial charge in [0.05, 0.1) is 38.3 Å². The van der Waals surface area contributed by atoms with E-state index >= 15 is 0 Å². The molecule has 1 aromatic rings. The largest absolute Gasteiger partial charge is 0.472 e. The molecule has 2 aliphatic heterocycles. The van der Waals surface area contributed by atoms with Crippen molar-refractivity contribution in [2.75, 3.05) is 13.7 Å². The van der Waals surface area contributed by atoms with Gasteiger partial charge in [0.1, 0.15) is 30.5 Å². The summed E-state index contributed by atoms with van der Waals surface area (Å²) >= 11 is 0. The molecule has 0 aromatic carbocycles. The van der Waals surface area contributed by atoms with Crippen molar-refractivity contribution in [1.29, 1.82) is 0 Å². The summed E-state index contributed by atoms with van der Waals surface area (Å²) in [6.07, 6.45) is -1.81. The first-order chi connectivity index (χ1) is 18.1. The van der Waals surface area contributed by atoms with Crippen LogP contribution >= 0.6 is 0 Å². The molecule has 1 aromatic heterocycles. The second kappa shape index (κ2) is 10.0. The fraction of sp³-hybridized carbons (Fsp3) is 0.704. The number of fused-ring (bicyclic) bond motifs is 3. The highest BCUT2D eigenvalue weighted by Crippen LogP contribution is 2.65. The molecule has 2 aliphatic carbocycles. The Labute approximate surface area is 220 Å². The van der Waals surface area contributed by atoms with Crippen LogP contribution in [0.25, 0.3) is 0 Å². The smallest absolute Gasteiger partial charge is 0.334 e. The normalized spacial score (nSPS) is 44.9. The molecular weight excluding hydrogens is 500 g/mol. The highest BCUT2D eigenvalue weighted by Gasteiger charge is 2.66. The molecular formula is C27H36O11. The summed E-state index contributed by atoms with van der Waals surface area (Å²) in [7, 11) is 1.31. The number of furan rings is 1. The number of hydrogen-bond donors (Lipinski definition) is 4. The van der Waals surface area contributed by atoms with E-state index in [4.69, 9.17) is 23.4 Å². The average Bonchev–Trinajstić information content (AvgIpc) is 3.44. The Morgan fingerprint density at radius 2 is 1.95 bits per heavy atom. The number of methoxy groups -OCH3 is 1. The summed E-state index contributed by atoms with van der Waals surface area (Å²) in [5.74, 6) is -1.68. The molecule has 2 saturated heterocycles. The molecule has 0 bridgehead atoms. The number of ether oxygens (including phenoxy) is 4. The number of esters is 2. The highest BCUT2D eigenvalue weighted by atomic mass is 16.7. The Balaban J connectivity index is 1.54. The summed E-state index contributed by atoms with van der Waals surface area (Å²) < 4.78 is 28.2. The first-order valence-electron chi connectivity index (χ1n) is 13.0. The van der Waals surface area contributed by atoms with Crippen LogP contribution in [0.5, 0.6) is 0 Å². The number of rotatable bonds is 5. The first kappa shape index (κ1) is 27.3. The van der Waals surface area contributed by atoms with Gasteiger partial charge < -0.3 is 43.8 Å². The van der Waals surface area contributed by atoms with Crippen molar-refractivity contribution >= 4 is 11.9 Å². The van der Waals surface area contributed by atoms with Crippen LogP contribution < -0.4 is 0 Å². The molecule has 4 N–H and O–H groups in total. The Morgan fingerprint density at radius 1 is 1.18 bits per heavy atom. The number of carbonyl (C=O) groups is 2. The van der Waals surface area contributed by atoms with Crippen LogP contribution in [0.15, 0.2) is 34.7 Å². The van der Waals surface area contributed by atoms with E-state index in [-0.39, 0.29) is 18.3 Å². The topological polar surface area (TPSA) is 165 Å². The molecule has 11 heteroatoms. The van der Waals surface area contributed by atoms with Crippen molar-refractivity contribution in [3.05, 3.63) is 35.8 Å². The first-order valence-corrected chi connectivity index (χ1v) is 13.0. The fourth-order valence-electron chi connectivity index (χ4n) is 7.39. The van der Waals surface area contributed by atoms with Crippen molar-refractivity contribution in [2.24, 2.45) is 22.7 Å².